The van der Waals surface area contributed by atoms with E-state index in [-0.39, 0.29) is 5.69 Å². The first-order valence-corrected chi connectivity index (χ1v) is 8.40. The fourth-order valence-electron chi connectivity index (χ4n) is 2.12. The lowest BCUT2D eigenvalue weighted by Crippen LogP contribution is -2.28. The van der Waals surface area contributed by atoms with Crippen molar-refractivity contribution in [3.8, 4) is 0 Å². The van der Waals surface area contributed by atoms with E-state index in [4.69, 9.17) is 0 Å². The van der Waals surface area contributed by atoms with Crippen molar-refractivity contribution < 1.29 is 9.49 Å². The van der Waals surface area contributed by atoms with Crippen LogP contribution in [0.2, 0.25) is 0 Å². The number of nitrogens with zero attached hydrogens (tertiary/aromatic N) is 3. The standard InChI is InChI=1S/C13H22N3O3P/c1-5-15(6-2)20(19,14(3)4)11-12-7-9-13(10-8-12)16(17)18/h7-10H,5-6,11H2,1-4H3. The van der Waals surface area contributed by atoms with Gasteiger partial charge < -0.3 is 0 Å². The minimum absolute atomic E-state index is 0.0521. The molecule has 20 heavy (non-hydrogen) atoms. The second-order valence-electron chi connectivity index (χ2n) is 4.73. The van der Waals surface area contributed by atoms with Crippen molar-refractivity contribution in [2.24, 2.45) is 0 Å². The first-order chi connectivity index (χ1) is 9.35. The van der Waals surface area contributed by atoms with Crippen LogP contribution in [-0.2, 0) is 10.7 Å². The first-order valence-electron chi connectivity index (χ1n) is 6.60. The zero-order valence-electron chi connectivity index (χ0n) is 12.4. The zero-order valence-corrected chi connectivity index (χ0v) is 13.3. The molecule has 1 aromatic rings. The lowest BCUT2D eigenvalue weighted by atomic mass is 10.2. The fourth-order valence-corrected chi connectivity index (χ4v) is 4.68. The second kappa shape index (κ2) is 6.97. The van der Waals surface area contributed by atoms with Crippen LogP contribution < -0.4 is 0 Å². The molecular formula is C13H22N3O3P. The van der Waals surface area contributed by atoms with Gasteiger partial charge in [-0.25, -0.2) is 9.34 Å². The highest BCUT2D eigenvalue weighted by atomic mass is 31.2. The van der Waals surface area contributed by atoms with Crippen molar-refractivity contribution in [3.05, 3.63) is 39.9 Å². The van der Waals surface area contributed by atoms with Crippen LogP contribution in [0.25, 0.3) is 0 Å². The van der Waals surface area contributed by atoms with E-state index in [0.717, 1.165) is 5.56 Å². The third-order valence-corrected chi connectivity index (χ3v) is 6.81. The molecule has 0 bridgehead atoms. The van der Waals surface area contributed by atoms with Crippen LogP contribution in [0.15, 0.2) is 24.3 Å². The third-order valence-electron chi connectivity index (χ3n) is 3.33. The summed E-state index contributed by atoms with van der Waals surface area (Å²) in [4.78, 5) is 10.2. The molecule has 1 aromatic carbocycles. The molecule has 1 atom stereocenters. The highest BCUT2D eigenvalue weighted by molar-refractivity contribution is 7.58. The molecule has 112 valence electrons. The molecular weight excluding hydrogens is 277 g/mol. The van der Waals surface area contributed by atoms with Gasteiger partial charge in [-0.3, -0.25) is 14.7 Å². The lowest BCUT2D eigenvalue weighted by molar-refractivity contribution is -0.384. The third kappa shape index (κ3) is 3.66. The summed E-state index contributed by atoms with van der Waals surface area (Å²) in [6, 6.07) is 6.27. The van der Waals surface area contributed by atoms with Gasteiger partial charge >= 0.3 is 0 Å². The Morgan fingerprint density at radius 2 is 1.65 bits per heavy atom. The van der Waals surface area contributed by atoms with Crippen LogP contribution in [0, 0.1) is 10.1 Å². The van der Waals surface area contributed by atoms with E-state index in [1.54, 1.807) is 16.8 Å². The Morgan fingerprint density at radius 1 is 1.15 bits per heavy atom. The van der Waals surface area contributed by atoms with Crippen LogP contribution in [0.5, 0.6) is 0 Å². The molecule has 0 aliphatic heterocycles. The highest BCUT2D eigenvalue weighted by Gasteiger charge is 2.31. The van der Waals surface area contributed by atoms with E-state index in [9.17, 15) is 14.7 Å². The maximum Gasteiger partial charge on any atom is 0.269 e. The normalized spacial score (nSPS) is 14.5. The van der Waals surface area contributed by atoms with Crippen molar-refractivity contribution in [3.63, 3.8) is 0 Å². The number of nitro benzene ring substituents is 1. The van der Waals surface area contributed by atoms with Gasteiger partial charge in [-0.15, -0.1) is 0 Å². The molecule has 0 saturated carbocycles. The minimum atomic E-state index is -2.67. The summed E-state index contributed by atoms with van der Waals surface area (Å²) in [7, 11) is 0.955. The van der Waals surface area contributed by atoms with Crippen molar-refractivity contribution in [1.82, 2.24) is 9.34 Å². The number of hydrogen-bond donors (Lipinski definition) is 0. The summed E-state index contributed by atoms with van der Waals surface area (Å²) in [5.41, 5.74) is 0.899. The Labute approximate surface area is 120 Å². The van der Waals surface area contributed by atoms with Crippen molar-refractivity contribution in [2.75, 3.05) is 27.2 Å². The molecule has 0 aliphatic rings. The van der Waals surface area contributed by atoms with E-state index >= 15 is 0 Å². The Balaban J connectivity index is 3.02. The maximum absolute atomic E-state index is 13.2. The van der Waals surface area contributed by atoms with E-state index < -0.39 is 12.4 Å². The average molecular weight is 299 g/mol. The van der Waals surface area contributed by atoms with Crippen LogP contribution in [0.4, 0.5) is 5.69 Å². The van der Waals surface area contributed by atoms with Gasteiger partial charge in [-0.1, -0.05) is 26.0 Å². The summed E-state index contributed by atoms with van der Waals surface area (Å²) >= 11 is 0. The van der Waals surface area contributed by atoms with Gasteiger partial charge in [0, 0.05) is 25.2 Å². The fraction of sp³-hybridized carbons (Fsp3) is 0.538. The van der Waals surface area contributed by atoms with Gasteiger partial charge in [-0.2, -0.15) is 0 Å². The summed E-state index contributed by atoms with van der Waals surface area (Å²) in [6.45, 7) is 5.38. The molecule has 7 heteroatoms. The Bertz CT molecular complexity index is 498. The summed E-state index contributed by atoms with van der Waals surface area (Å²) in [5, 5.41) is 10.6. The topological polar surface area (TPSA) is 66.7 Å². The SMILES string of the molecule is CCN(CC)P(=O)(Cc1ccc([N+](=O)[O-])cc1)N(C)C. The molecule has 1 rings (SSSR count). The second-order valence-corrected chi connectivity index (χ2v) is 7.74. The van der Waals surface area contributed by atoms with Gasteiger partial charge in [0.25, 0.3) is 5.69 Å². The summed E-state index contributed by atoms with van der Waals surface area (Å²) in [5.74, 6) is 0. The van der Waals surface area contributed by atoms with Gasteiger partial charge in [0.05, 0.1) is 11.1 Å². The Hall–Kier alpha value is -1.23. The predicted octanol–water partition coefficient (Wildman–Crippen LogP) is 3.19. The first kappa shape index (κ1) is 16.8. The van der Waals surface area contributed by atoms with E-state index in [1.165, 1.54) is 12.1 Å². The summed E-state index contributed by atoms with van der Waals surface area (Å²) in [6.07, 6.45) is 0.389. The van der Waals surface area contributed by atoms with Crippen molar-refractivity contribution >= 4 is 13.1 Å². The zero-order chi connectivity index (χ0) is 15.3. The molecule has 6 nitrogen and oxygen atoms in total. The van der Waals surface area contributed by atoms with Crippen molar-refractivity contribution in [2.45, 2.75) is 20.0 Å². The predicted molar refractivity (Wildman–Crippen MR) is 81.0 cm³/mol. The van der Waals surface area contributed by atoms with Crippen LogP contribution in [0.3, 0.4) is 0 Å². The number of benzene rings is 1. The largest absolute Gasteiger partial charge is 0.288 e. The minimum Gasteiger partial charge on any atom is -0.288 e. The van der Waals surface area contributed by atoms with E-state index in [1.807, 2.05) is 32.6 Å². The Morgan fingerprint density at radius 3 is 2.00 bits per heavy atom. The molecule has 0 fully saturated rings. The monoisotopic (exact) mass is 299 g/mol. The van der Waals surface area contributed by atoms with E-state index in [2.05, 4.69) is 0 Å². The van der Waals surface area contributed by atoms with Crippen LogP contribution >= 0.6 is 7.44 Å². The maximum atomic E-state index is 13.2. The van der Waals surface area contributed by atoms with Gasteiger partial charge in [0.2, 0.25) is 7.44 Å². The highest BCUT2D eigenvalue weighted by Crippen LogP contribution is 2.54. The molecule has 0 saturated heterocycles. The molecule has 0 radical (unpaired) electrons. The number of hydrogen-bond acceptors (Lipinski definition) is 3. The average Bonchev–Trinajstić information content (AvgIpc) is 2.40. The quantitative estimate of drug-likeness (QED) is 0.439. The molecule has 0 aliphatic carbocycles. The molecule has 0 heterocycles. The molecule has 0 amide bonds. The van der Waals surface area contributed by atoms with Crippen molar-refractivity contribution in [1.29, 1.82) is 0 Å². The van der Waals surface area contributed by atoms with Gasteiger partial charge in [-0.05, 0) is 19.7 Å². The van der Waals surface area contributed by atoms with Crippen LogP contribution in [-0.4, -0.2) is 41.4 Å². The molecule has 0 N–H and O–H groups in total. The number of nitro groups is 1. The number of non-ortho nitro benzene ring substituents is 1. The summed E-state index contributed by atoms with van der Waals surface area (Å²) < 4.78 is 16.9. The lowest BCUT2D eigenvalue weighted by Gasteiger charge is -2.34. The van der Waals surface area contributed by atoms with Crippen LogP contribution in [0.1, 0.15) is 19.4 Å². The number of rotatable bonds is 7. The molecule has 0 aromatic heterocycles. The Kier molecular flexibility index (Phi) is 5.87. The molecule has 0 spiro atoms. The van der Waals surface area contributed by atoms with E-state index in [0.29, 0.717) is 19.3 Å². The molecule has 1 unspecified atom stereocenters. The van der Waals surface area contributed by atoms with Gasteiger partial charge in [0.15, 0.2) is 0 Å². The van der Waals surface area contributed by atoms with Gasteiger partial charge in [0.1, 0.15) is 0 Å². The smallest absolute Gasteiger partial charge is 0.269 e.